The molecule has 0 aromatic heterocycles. The summed E-state index contributed by atoms with van der Waals surface area (Å²) < 4.78 is 0. The molecule has 5 nitrogen and oxygen atoms in total. The SMILES string of the molecule is Cc1ccc(N=C2N=C(SCC(=O)[O-])N(c3cccc(Cl)c3)C23CCCC3)cc1. The Hall–Kier alpha value is -2.31. The van der Waals surface area contributed by atoms with Gasteiger partial charge in [-0.15, -0.1) is 0 Å². The second-order valence-corrected chi connectivity index (χ2v) is 8.76. The zero-order valence-electron chi connectivity index (χ0n) is 16.1. The van der Waals surface area contributed by atoms with Crippen LogP contribution in [0.3, 0.4) is 0 Å². The number of aryl methyl sites for hydroxylation is 1. The number of amidine groups is 2. The molecule has 7 heteroatoms. The van der Waals surface area contributed by atoms with Gasteiger partial charge in [0.05, 0.1) is 11.7 Å². The number of hydrogen-bond donors (Lipinski definition) is 0. The summed E-state index contributed by atoms with van der Waals surface area (Å²) in [4.78, 5) is 23.0. The van der Waals surface area contributed by atoms with E-state index in [2.05, 4.69) is 4.90 Å². The van der Waals surface area contributed by atoms with Crippen molar-refractivity contribution >= 4 is 51.7 Å². The molecule has 4 rings (SSSR count). The Labute approximate surface area is 179 Å². The number of benzene rings is 2. The van der Waals surface area contributed by atoms with Gasteiger partial charge in [0, 0.05) is 16.5 Å². The fourth-order valence-electron chi connectivity index (χ4n) is 4.00. The Morgan fingerprint density at radius 1 is 1.24 bits per heavy atom. The van der Waals surface area contributed by atoms with Gasteiger partial charge in [0.25, 0.3) is 0 Å². The third-order valence-corrected chi connectivity index (χ3v) is 6.47. The number of rotatable bonds is 4. The summed E-state index contributed by atoms with van der Waals surface area (Å²) in [7, 11) is 0. The maximum atomic E-state index is 11.1. The van der Waals surface area contributed by atoms with E-state index < -0.39 is 5.97 Å². The maximum Gasteiger partial charge on any atom is 0.171 e. The number of carbonyl (C=O) groups is 1. The third-order valence-electron chi connectivity index (χ3n) is 5.32. The highest BCUT2D eigenvalue weighted by Gasteiger charge is 2.51. The minimum absolute atomic E-state index is 0.163. The number of hydrogen-bond acceptors (Lipinski definition) is 5. The monoisotopic (exact) mass is 426 g/mol. The molecule has 1 spiro atoms. The van der Waals surface area contributed by atoms with E-state index in [-0.39, 0.29) is 11.3 Å². The summed E-state index contributed by atoms with van der Waals surface area (Å²) in [6.45, 7) is 2.04. The highest BCUT2D eigenvalue weighted by molar-refractivity contribution is 8.14. The zero-order valence-corrected chi connectivity index (χ0v) is 17.7. The lowest BCUT2D eigenvalue weighted by Gasteiger charge is -2.37. The lowest BCUT2D eigenvalue weighted by molar-refractivity contribution is -0.301. The van der Waals surface area contributed by atoms with E-state index in [1.54, 1.807) is 0 Å². The number of carboxylic acid groups (broad SMARTS) is 1. The fraction of sp³-hybridized carbons (Fsp3) is 0.318. The van der Waals surface area contributed by atoms with E-state index >= 15 is 0 Å². The summed E-state index contributed by atoms with van der Waals surface area (Å²) in [5.41, 5.74) is 2.53. The van der Waals surface area contributed by atoms with Crippen LogP contribution in [0.1, 0.15) is 31.2 Å². The quantitative estimate of drug-likeness (QED) is 0.728. The first-order valence-corrected chi connectivity index (χ1v) is 11.0. The molecule has 0 radical (unpaired) electrons. The molecule has 0 bridgehead atoms. The van der Waals surface area contributed by atoms with Crippen molar-refractivity contribution in [2.75, 3.05) is 10.7 Å². The predicted octanol–water partition coefficient (Wildman–Crippen LogP) is 4.35. The molecule has 2 aliphatic rings. The molecule has 2 aromatic rings. The number of aliphatic imine (C=N–C) groups is 2. The van der Waals surface area contributed by atoms with Crippen LogP contribution in [0.25, 0.3) is 0 Å². The Morgan fingerprint density at radius 3 is 2.62 bits per heavy atom. The van der Waals surface area contributed by atoms with E-state index in [9.17, 15) is 9.90 Å². The van der Waals surface area contributed by atoms with Crippen molar-refractivity contribution in [3.63, 3.8) is 0 Å². The summed E-state index contributed by atoms with van der Waals surface area (Å²) >= 11 is 7.44. The van der Waals surface area contributed by atoms with Crippen LogP contribution in [0, 0.1) is 6.92 Å². The van der Waals surface area contributed by atoms with Crippen LogP contribution in [-0.2, 0) is 4.79 Å². The van der Waals surface area contributed by atoms with Crippen LogP contribution in [-0.4, -0.2) is 28.3 Å². The van der Waals surface area contributed by atoms with Crippen molar-refractivity contribution in [1.82, 2.24) is 0 Å². The number of thioether (sulfide) groups is 1. The standard InChI is InChI=1S/C22H22ClN3O2S/c1-15-7-9-17(10-8-15)24-20-22(11-2-3-12-22)26(18-6-4-5-16(23)13-18)21(25-20)29-14-19(27)28/h4-10,13H,2-3,11-12,14H2,1H3,(H,27,28)/p-1. The van der Waals surface area contributed by atoms with Crippen molar-refractivity contribution in [3.05, 3.63) is 59.1 Å². The van der Waals surface area contributed by atoms with Crippen LogP contribution >= 0.6 is 23.4 Å². The Bertz CT molecular complexity index is 982. The molecule has 0 amide bonds. The van der Waals surface area contributed by atoms with Gasteiger partial charge >= 0.3 is 0 Å². The van der Waals surface area contributed by atoms with Gasteiger partial charge in [-0.1, -0.05) is 60.0 Å². The van der Waals surface area contributed by atoms with Crippen molar-refractivity contribution in [1.29, 1.82) is 0 Å². The predicted molar refractivity (Wildman–Crippen MR) is 118 cm³/mol. The van der Waals surface area contributed by atoms with E-state index in [0.717, 1.165) is 42.9 Å². The average molecular weight is 427 g/mol. The third kappa shape index (κ3) is 4.05. The lowest BCUT2D eigenvalue weighted by atomic mass is 9.94. The van der Waals surface area contributed by atoms with Crippen LogP contribution in [0.2, 0.25) is 5.02 Å². The number of carboxylic acids is 1. The number of halogens is 1. The molecule has 29 heavy (non-hydrogen) atoms. The first-order valence-electron chi connectivity index (χ1n) is 9.61. The molecule has 1 fully saturated rings. The maximum absolute atomic E-state index is 11.1. The Kier molecular flexibility index (Phi) is 5.65. The largest absolute Gasteiger partial charge is 0.549 e. The van der Waals surface area contributed by atoms with E-state index in [4.69, 9.17) is 21.6 Å². The van der Waals surface area contributed by atoms with Gasteiger partial charge in [-0.25, -0.2) is 9.98 Å². The van der Waals surface area contributed by atoms with Gasteiger partial charge in [-0.05, 0) is 50.1 Å². The van der Waals surface area contributed by atoms with Crippen LogP contribution < -0.4 is 10.0 Å². The van der Waals surface area contributed by atoms with Crippen LogP contribution in [0.4, 0.5) is 11.4 Å². The molecular formula is C22H21ClN3O2S-. The molecule has 1 aliphatic heterocycles. The molecule has 150 valence electrons. The number of carbonyl (C=O) groups excluding carboxylic acids is 1. The molecule has 1 heterocycles. The van der Waals surface area contributed by atoms with Gasteiger partial charge in [0.15, 0.2) is 11.0 Å². The van der Waals surface area contributed by atoms with E-state index in [1.165, 1.54) is 17.3 Å². The number of anilines is 1. The second kappa shape index (κ2) is 8.20. The molecule has 2 aromatic carbocycles. The molecular weight excluding hydrogens is 406 g/mol. The van der Waals surface area contributed by atoms with Crippen molar-refractivity contribution in [2.24, 2.45) is 9.98 Å². The number of aliphatic carboxylic acids is 1. The minimum atomic E-state index is -1.12. The zero-order chi connectivity index (χ0) is 20.4. The minimum Gasteiger partial charge on any atom is -0.549 e. The summed E-state index contributed by atoms with van der Waals surface area (Å²) in [6, 6.07) is 15.6. The normalized spacial score (nSPS) is 19.2. The van der Waals surface area contributed by atoms with E-state index in [0.29, 0.717) is 10.2 Å². The smallest absolute Gasteiger partial charge is 0.171 e. The topological polar surface area (TPSA) is 68.1 Å². The molecule has 0 N–H and O–H groups in total. The fourth-order valence-corrected chi connectivity index (χ4v) is 4.99. The van der Waals surface area contributed by atoms with Gasteiger partial charge in [0.1, 0.15) is 5.54 Å². The van der Waals surface area contributed by atoms with Crippen molar-refractivity contribution in [2.45, 2.75) is 38.1 Å². The lowest BCUT2D eigenvalue weighted by Crippen LogP contribution is -2.49. The molecule has 1 saturated carbocycles. The molecule has 0 atom stereocenters. The summed E-state index contributed by atoms with van der Waals surface area (Å²) in [5, 5.41) is 12.4. The van der Waals surface area contributed by atoms with Gasteiger partial charge < -0.3 is 14.8 Å². The highest BCUT2D eigenvalue weighted by atomic mass is 35.5. The highest BCUT2D eigenvalue weighted by Crippen LogP contribution is 2.46. The van der Waals surface area contributed by atoms with Crippen molar-refractivity contribution in [3.8, 4) is 0 Å². The number of nitrogens with zero attached hydrogens (tertiary/aromatic N) is 3. The van der Waals surface area contributed by atoms with Crippen LogP contribution in [0.15, 0.2) is 58.5 Å². The van der Waals surface area contributed by atoms with Gasteiger partial charge in [-0.3, -0.25) is 0 Å². The first kappa shape index (κ1) is 20.0. The Morgan fingerprint density at radius 2 is 1.97 bits per heavy atom. The summed E-state index contributed by atoms with van der Waals surface area (Å²) in [6.07, 6.45) is 3.95. The van der Waals surface area contributed by atoms with Crippen molar-refractivity contribution < 1.29 is 9.90 Å². The van der Waals surface area contributed by atoms with Gasteiger partial charge in [-0.2, -0.15) is 0 Å². The van der Waals surface area contributed by atoms with Crippen LogP contribution in [0.5, 0.6) is 0 Å². The Balaban J connectivity index is 1.81. The molecule has 0 unspecified atom stereocenters. The average Bonchev–Trinajstić information content (AvgIpc) is 3.28. The van der Waals surface area contributed by atoms with E-state index in [1.807, 2.05) is 55.5 Å². The molecule has 1 aliphatic carbocycles. The first-order chi connectivity index (χ1) is 14.0. The summed E-state index contributed by atoms with van der Waals surface area (Å²) in [5.74, 6) is -0.545. The molecule has 0 saturated heterocycles. The van der Waals surface area contributed by atoms with Gasteiger partial charge in [0.2, 0.25) is 0 Å². The second-order valence-electron chi connectivity index (χ2n) is 7.38.